The predicted octanol–water partition coefficient (Wildman–Crippen LogP) is 4.61. The summed E-state index contributed by atoms with van der Waals surface area (Å²) in [5, 5.41) is 5.51. The maximum Gasteiger partial charge on any atom is 0.402 e. The zero-order valence-electron chi connectivity index (χ0n) is 16.7. The number of anilines is 4. The van der Waals surface area contributed by atoms with Crippen molar-refractivity contribution in [1.82, 2.24) is 14.7 Å². The zero-order valence-corrected chi connectivity index (χ0v) is 18.3. The Morgan fingerprint density at radius 2 is 1.82 bits per heavy atom. The van der Waals surface area contributed by atoms with E-state index in [1.807, 2.05) is 0 Å². The van der Waals surface area contributed by atoms with E-state index >= 15 is 0 Å². The van der Waals surface area contributed by atoms with Crippen LogP contribution in [0.25, 0.3) is 0 Å². The third-order valence-corrected chi connectivity index (χ3v) is 5.78. The van der Waals surface area contributed by atoms with Gasteiger partial charge in [-0.2, -0.15) is 18.2 Å². The molecule has 0 saturated heterocycles. The molecular formula is C19H16ClF4N5O3S. The fourth-order valence-corrected chi connectivity index (χ4v) is 3.90. The summed E-state index contributed by atoms with van der Waals surface area (Å²) in [6, 6.07) is 9.01. The standard InChI is InChI=1S/C19H16ClF4N5O3S/c1-32-15-8-11(21)6-7-13(15)28-18-25-9-12(20)17(29-18)27-14-4-2-3-5-16(14)33(30,31)26-10-19(22,23)24/h2-9,26H,10H2,1H3,(H2,25,27,28,29). The van der Waals surface area contributed by atoms with E-state index in [4.69, 9.17) is 16.3 Å². The number of methoxy groups -OCH3 is 1. The maximum atomic E-state index is 13.4. The van der Waals surface area contributed by atoms with Crippen LogP contribution >= 0.6 is 11.6 Å². The van der Waals surface area contributed by atoms with Gasteiger partial charge in [-0.25, -0.2) is 22.5 Å². The summed E-state index contributed by atoms with van der Waals surface area (Å²) in [5.41, 5.74) is 0.268. The normalized spacial score (nSPS) is 11.8. The van der Waals surface area contributed by atoms with Crippen LogP contribution in [0.5, 0.6) is 5.75 Å². The number of nitrogens with one attached hydrogen (secondary N) is 3. The van der Waals surface area contributed by atoms with Gasteiger partial charge in [0, 0.05) is 6.07 Å². The Balaban J connectivity index is 1.89. The minimum Gasteiger partial charge on any atom is -0.494 e. The fraction of sp³-hybridized carbons (Fsp3) is 0.158. The molecule has 0 aliphatic rings. The van der Waals surface area contributed by atoms with Crippen molar-refractivity contribution in [3.8, 4) is 5.75 Å². The van der Waals surface area contributed by atoms with E-state index in [1.165, 1.54) is 48.4 Å². The van der Waals surface area contributed by atoms with Gasteiger partial charge in [0.05, 0.1) is 24.7 Å². The SMILES string of the molecule is COc1cc(F)ccc1Nc1ncc(Cl)c(Nc2ccccc2S(=O)(=O)NCC(F)(F)F)n1. The lowest BCUT2D eigenvalue weighted by atomic mass is 10.3. The van der Waals surface area contributed by atoms with Gasteiger partial charge < -0.3 is 15.4 Å². The van der Waals surface area contributed by atoms with E-state index < -0.39 is 33.5 Å². The lowest BCUT2D eigenvalue weighted by molar-refractivity contribution is -0.121. The highest BCUT2D eigenvalue weighted by Gasteiger charge is 2.31. The van der Waals surface area contributed by atoms with Gasteiger partial charge in [0.15, 0.2) is 5.82 Å². The van der Waals surface area contributed by atoms with Crippen LogP contribution in [0, 0.1) is 5.82 Å². The first-order valence-corrected chi connectivity index (χ1v) is 10.9. The minimum absolute atomic E-state index is 0.00192. The number of hydrogen-bond donors (Lipinski definition) is 3. The highest BCUT2D eigenvalue weighted by atomic mass is 35.5. The molecule has 3 rings (SSSR count). The summed E-state index contributed by atoms with van der Waals surface area (Å²) in [6.07, 6.45) is -3.51. The van der Waals surface area contributed by atoms with Crippen LogP contribution < -0.4 is 20.1 Å². The van der Waals surface area contributed by atoms with Crippen molar-refractivity contribution in [2.75, 3.05) is 24.3 Å². The largest absolute Gasteiger partial charge is 0.494 e. The topological polar surface area (TPSA) is 105 Å². The Labute approximate surface area is 191 Å². The molecule has 3 aromatic rings. The number of hydrogen-bond acceptors (Lipinski definition) is 7. The van der Waals surface area contributed by atoms with Gasteiger partial charge in [0.25, 0.3) is 0 Å². The third-order valence-electron chi connectivity index (χ3n) is 4.05. The number of halogens is 5. The third kappa shape index (κ3) is 6.43. The smallest absolute Gasteiger partial charge is 0.402 e. The van der Waals surface area contributed by atoms with Crippen molar-refractivity contribution < 1.29 is 30.7 Å². The Hall–Kier alpha value is -3.16. The summed E-state index contributed by atoms with van der Waals surface area (Å²) in [6.45, 7) is -1.73. The quantitative estimate of drug-likeness (QED) is 0.384. The molecule has 0 unspecified atom stereocenters. The molecule has 1 aromatic heterocycles. The van der Waals surface area contributed by atoms with E-state index in [1.54, 1.807) is 0 Å². The number of sulfonamides is 1. The van der Waals surface area contributed by atoms with Crippen LogP contribution in [-0.4, -0.2) is 38.2 Å². The first-order chi connectivity index (χ1) is 15.5. The molecule has 0 fully saturated rings. The van der Waals surface area contributed by atoms with Gasteiger partial charge in [-0.1, -0.05) is 23.7 Å². The number of para-hydroxylation sites is 1. The second kappa shape index (κ2) is 9.77. The van der Waals surface area contributed by atoms with Crippen molar-refractivity contribution in [3.63, 3.8) is 0 Å². The number of ether oxygens (including phenoxy) is 1. The van der Waals surface area contributed by atoms with Crippen molar-refractivity contribution in [1.29, 1.82) is 0 Å². The molecule has 0 atom stereocenters. The summed E-state index contributed by atoms with van der Waals surface area (Å²) >= 11 is 6.11. The van der Waals surface area contributed by atoms with Crippen molar-refractivity contribution in [2.24, 2.45) is 0 Å². The Bertz CT molecular complexity index is 1260. The maximum absolute atomic E-state index is 13.4. The highest BCUT2D eigenvalue weighted by Crippen LogP contribution is 2.31. The summed E-state index contributed by atoms with van der Waals surface area (Å²) in [5.74, 6) is -0.375. The molecule has 0 spiro atoms. The number of alkyl halides is 3. The minimum atomic E-state index is -4.73. The molecular weight excluding hydrogens is 490 g/mol. The van der Waals surface area contributed by atoms with Crippen molar-refractivity contribution in [3.05, 3.63) is 59.5 Å². The Morgan fingerprint density at radius 3 is 2.52 bits per heavy atom. The molecule has 33 heavy (non-hydrogen) atoms. The Kier molecular flexibility index (Phi) is 7.25. The van der Waals surface area contributed by atoms with Gasteiger partial charge in [-0.3, -0.25) is 0 Å². The molecule has 0 aliphatic heterocycles. The monoisotopic (exact) mass is 505 g/mol. The van der Waals surface area contributed by atoms with Crippen LogP contribution in [0.15, 0.2) is 53.6 Å². The summed E-state index contributed by atoms with van der Waals surface area (Å²) in [4.78, 5) is 7.72. The predicted molar refractivity (Wildman–Crippen MR) is 114 cm³/mol. The van der Waals surface area contributed by atoms with Gasteiger partial charge in [0.2, 0.25) is 16.0 Å². The lowest BCUT2D eigenvalue weighted by Crippen LogP contribution is -2.34. The first-order valence-electron chi connectivity index (χ1n) is 9.04. The molecule has 0 saturated carbocycles. The molecule has 2 aromatic carbocycles. The molecule has 14 heteroatoms. The molecule has 1 heterocycles. The summed E-state index contributed by atoms with van der Waals surface area (Å²) in [7, 11) is -3.17. The first kappa shape index (κ1) is 24.5. The highest BCUT2D eigenvalue weighted by molar-refractivity contribution is 7.89. The van der Waals surface area contributed by atoms with E-state index in [0.717, 1.165) is 12.1 Å². The van der Waals surface area contributed by atoms with Gasteiger partial charge in [0.1, 0.15) is 28.0 Å². The molecule has 3 N–H and O–H groups in total. The number of benzene rings is 2. The average molecular weight is 506 g/mol. The molecule has 0 bridgehead atoms. The molecule has 0 radical (unpaired) electrons. The zero-order chi connectivity index (χ0) is 24.2. The van der Waals surface area contributed by atoms with Crippen LogP contribution in [0.2, 0.25) is 5.02 Å². The number of aromatic nitrogens is 2. The second-order valence-electron chi connectivity index (χ2n) is 6.42. The molecule has 8 nitrogen and oxygen atoms in total. The number of nitrogens with zero attached hydrogens (tertiary/aromatic N) is 2. The molecule has 0 amide bonds. The van der Waals surface area contributed by atoms with Crippen LogP contribution in [0.4, 0.5) is 40.7 Å². The van der Waals surface area contributed by atoms with Gasteiger partial charge in [-0.15, -0.1) is 0 Å². The lowest BCUT2D eigenvalue weighted by Gasteiger charge is -2.15. The van der Waals surface area contributed by atoms with Gasteiger partial charge in [-0.05, 0) is 24.3 Å². The average Bonchev–Trinajstić information content (AvgIpc) is 2.76. The van der Waals surface area contributed by atoms with E-state index in [0.29, 0.717) is 5.69 Å². The van der Waals surface area contributed by atoms with E-state index in [2.05, 4.69) is 20.6 Å². The number of rotatable bonds is 8. The van der Waals surface area contributed by atoms with E-state index in [-0.39, 0.29) is 28.2 Å². The van der Waals surface area contributed by atoms with E-state index in [9.17, 15) is 26.0 Å². The second-order valence-corrected chi connectivity index (χ2v) is 8.56. The van der Waals surface area contributed by atoms with Crippen molar-refractivity contribution in [2.45, 2.75) is 11.1 Å². The van der Waals surface area contributed by atoms with Crippen molar-refractivity contribution >= 4 is 44.8 Å². The van der Waals surface area contributed by atoms with Crippen LogP contribution in [0.1, 0.15) is 0 Å². The van der Waals surface area contributed by atoms with Gasteiger partial charge >= 0.3 is 6.18 Å². The fourth-order valence-electron chi connectivity index (χ4n) is 2.59. The molecule has 0 aliphatic carbocycles. The van der Waals surface area contributed by atoms with Crippen LogP contribution in [-0.2, 0) is 10.0 Å². The Morgan fingerprint density at radius 1 is 1.09 bits per heavy atom. The summed E-state index contributed by atoms with van der Waals surface area (Å²) < 4.78 is 82.3. The van der Waals surface area contributed by atoms with Crippen LogP contribution in [0.3, 0.4) is 0 Å². The molecule has 176 valence electrons.